The second kappa shape index (κ2) is 5.49. The van der Waals surface area contributed by atoms with E-state index in [0.29, 0.717) is 6.42 Å². The van der Waals surface area contributed by atoms with Crippen LogP contribution in [0.2, 0.25) is 0 Å². The van der Waals surface area contributed by atoms with E-state index in [0.717, 1.165) is 19.3 Å². The van der Waals surface area contributed by atoms with Crippen LogP contribution in [0, 0.1) is 5.92 Å². The smallest absolute Gasteiger partial charge is 0.305 e. The number of nitrogens with one attached hydrogen (secondary N) is 1. The average molecular weight is 242 g/mol. The summed E-state index contributed by atoms with van der Waals surface area (Å²) in [5.74, 6) is -0.924. The number of rotatable bonds is 6. The summed E-state index contributed by atoms with van der Waals surface area (Å²) in [5.41, 5.74) is 5.63. The van der Waals surface area contributed by atoms with Gasteiger partial charge in [0, 0.05) is 18.0 Å². The van der Waals surface area contributed by atoms with Crippen molar-refractivity contribution in [1.82, 2.24) is 5.32 Å². The van der Waals surface area contributed by atoms with E-state index in [1.807, 2.05) is 13.8 Å². The third kappa shape index (κ3) is 4.34. The molecule has 0 aromatic heterocycles. The van der Waals surface area contributed by atoms with Gasteiger partial charge in [0.25, 0.3) is 0 Å². The lowest BCUT2D eigenvalue weighted by atomic mass is 9.75. The Morgan fingerprint density at radius 2 is 2.00 bits per heavy atom. The Kier molecular flexibility index (Phi) is 4.51. The Balaban J connectivity index is 2.43. The molecule has 4 N–H and O–H groups in total. The number of hydrogen-bond acceptors (Lipinski definition) is 3. The normalized spacial score (nSPS) is 19.5. The first-order valence-electron chi connectivity index (χ1n) is 6.12. The van der Waals surface area contributed by atoms with Gasteiger partial charge in [0.2, 0.25) is 5.91 Å². The highest BCUT2D eigenvalue weighted by molar-refractivity contribution is 5.78. The number of amides is 1. The lowest BCUT2D eigenvalue weighted by Crippen LogP contribution is -2.51. The molecule has 5 heteroatoms. The van der Waals surface area contributed by atoms with Crippen molar-refractivity contribution in [2.75, 3.05) is 0 Å². The second-order valence-corrected chi connectivity index (χ2v) is 5.41. The van der Waals surface area contributed by atoms with Gasteiger partial charge in [-0.15, -0.1) is 0 Å². The molecule has 98 valence electrons. The molecule has 0 aromatic carbocycles. The molecule has 0 aliphatic heterocycles. The molecular weight excluding hydrogens is 220 g/mol. The van der Waals surface area contributed by atoms with E-state index >= 15 is 0 Å². The number of nitrogens with two attached hydrogens (primary N) is 1. The average Bonchev–Trinajstić information content (AvgIpc) is 2.13. The first kappa shape index (κ1) is 14.0. The molecule has 0 aromatic rings. The van der Waals surface area contributed by atoms with Crippen LogP contribution in [0.15, 0.2) is 0 Å². The van der Waals surface area contributed by atoms with Crippen LogP contribution in [0.5, 0.6) is 0 Å². The molecule has 1 rings (SSSR count). The van der Waals surface area contributed by atoms with Gasteiger partial charge in [0.1, 0.15) is 0 Å². The van der Waals surface area contributed by atoms with Crippen LogP contribution < -0.4 is 11.1 Å². The van der Waals surface area contributed by atoms with Gasteiger partial charge in [-0.05, 0) is 25.2 Å². The highest BCUT2D eigenvalue weighted by Gasteiger charge is 2.35. The zero-order valence-corrected chi connectivity index (χ0v) is 10.5. The van der Waals surface area contributed by atoms with E-state index in [1.54, 1.807) is 0 Å². The minimum absolute atomic E-state index is 0.0407. The fourth-order valence-corrected chi connectivity index (χ4v) is 2.03. The second-order valence-electron chi connectivity index (χ2n) is 5.41. The molecule has 1 aliphatic carbocycles. The molecule has 0 spiro atoms. The lowest BCUT2D eigenvalue weighted by molar-refractivity contribution is -0.138. The minimum Gasteiger partial charge on any atom is -0.481 e. The van der Waals surface area contributed by atoms with E-state index in [-0.39, 0.29) is 29.8 Å². The fourth-order valence-electron chi connectivity index (χ4n) is 2.03. The third-order valence-corrected chi connectivity index (χ3v) is 3.41. The van der Waals surface area contributed by atoms with E-state index < -0.39 is 5.97 Å². The number of carbonyl (C=O) groups is 2. The fraction of sp³-hybridized carbons (Fsp3) is 0.833. The van der Waals surface area contributed by atoms with Crippen molar-refractivity contribution in [3.63, 3.8) is 0 Å². The molecule has 0 bridgehead atoms. The standard InChI is InChI=1S/C12H22N2O3/c1-8(2)9(6-11(16)17)14-10(15)7-12(13)4-3-5-12/h8-9H,3-7,13H2,1-2H3,(H,14,15)(H,16,17). The molecule has 1 aliphatic rings. The van der Waals surface area contributed by atoms with Crippen LogP contribution in [-0.2, 0) is 9.59 Å². The Morgan fingerprint density at radius 3 is 2.35 bits per heavy atom. The molecular formula is C12H22N2O3. The highest BCUT2D eigenvalue weighted by Crippen LogP contribution is 2.32. The maximum absolute atomic E-state index is 11.8. The predicted molar refractivity (Wildman–Crippen MR) is 64.4 cm³/mol. The zero-order valence-electron chi connectivity index (χ0n) is 10.5. The van der Waals surface area contributed by atoms with Gasteiger partial charge < -0.3 is 16.2 Å². The Hall–Kier alpha value is -1.10. The number of carbonyl (C=O) groups excluding carboxylic acids is 1. The van der Waals surface area contributed by atoms with Gasteiger partial charge in [0.15, 0.2) is 0 Å². The van der Waals surface area contributed by atoms with Gasteiger partial charge in [0.05, 0.1) is 6.42 Å². The van der Waals surface area contributed by atoms with Crippen LogP contribution in [0.25, 0.3) is 0 Å². The van der Waals surface area contributed by atoms with Crippen molar-refractivity contribution in [3.8, 4) is 0 Å². The summed E-state index contributed by atoms with van der Waals surface area (Å²) in [6.45, 7) is 3.80. The molecule has 1 atom stereocenters. The lowest BCUT2D eigenvalue weighted by Gasteiger charge is -2.38. The molecule has 5 nitrogen and oxygen atoms in total. The van der Waals surface area contributed by atoms with Crippen molar-refractivity contribution >= 4 is 11.9 Å². The van der Waals surface area contributed by atoms with Crippen LogP contribution in [0.3, 0.4) is 0 Å². The molecule has 0 saturated heterocycles. The number of hydrogen-bond donors (Lipinski definition) is 3. The summed E-state index contributed by atoms with van der Waals surface area (Å²) >= 11 is 0. The maximum Gasteiger partial charge on any atom is 0.305 e. The Morgan fingerprint density at radius 1 is 1.41 bits per heavy atom. The molecule has 1 saturated carbocycles. The van der Waals surface area contributed by atoms with Gasteiger partial charge in [-0.25, -0.2) is 0 Å². The summed E-state index contributed by atoms with van der Waals surface area (Å²) in [6.07, 6.45) is 3.10. The van der Waals surface area contributed by atoms with Crippen molar-refractivity contribution < 1.29 is 14.7 Å². The van der Waals surface area contributed by atoms with Crippen LogP contribution in [0.1, 0.15) is 46.0 Å². The Labute approximate surface area is 102 Å². The van der Waals surface area contributed by atoms with Crippen LogP contribution in [0.4, 0.5) is 0 Å². The molecule has 1 amide bonds. The first-order valence-corrected chi connectivity index (χ1v) is 6.12. The van der Waals surface area contributed by atoms with E-state index in [4.69, 9.17) is 10.8 Å². The quantitative estimate of drug-likeness (QED) is 0.644. The molecule has 1 unspecified atom stereocenters. The van der Waals surface area contributed by atoms with Crippen molar-refractivity contribution in [2.24, 2.45) is 11.7 Å². The van der Waals surface area contributed by atoms with Crippen molar-refractivity contribution in [3.05, 3.63) is 0 Å². The summed E-state index contributed by atoms with van der Waals surface area (Å²) in [4.78, 5) is 22.4. The predicted octanol–water partition coefficient (Wildman–Crippen LogP) is 0.873. The van der Waals surface area contributed by atoms with Gasteiger partial charge in [-0.2, -0.15) is 0 Å². The van der Waals surface area contributed by atoms with Gasteiger partial charge in [-0.3, -0.25) is 9.59 Å². The molecule has 0 radical (unpaired) electrons. The summed E-state index contributed by atoms with van der Waals surface area (Å²) < 4.78 is 0. The van der Waals surface area contributed by atoms with Crippen molar-refractivity contribution in [1.29, 1.82) is 0 Å². The molecule has 1 fully saturated rings. The monoisotopic (exact) mass is 242 g/mol. The number of carboxylic acid groups (broad SMARTS) is 1. The van der Waals surface area contributed by atoms with Crippen LogP contribution in [-0.4, -0.2) is 28.6 Å². The SMILES string of the molecule is CC(C)C(CC(=O)O)NC(=O)CC1(N)CCC1. The summed E-state index contributed by atoms with van der Waals surface area (Å²) in [7, 11) is 0. The largest absolute Gasteiger partial charge is 0.481 e. The molecule has 17 heavy (non-hydrogen) atoms. The van der Waals surface area contributed by atoms with Crippen LogP contribution >= 0.6 is 0 Å². The maximum atomic E-state index is 11.8. The highest BCUT2D eigenvalue weighted by atomic mass is 16.4. The minimum atomic E-state index is -0.893. The van der Waals surface area contributed by atoms with E-state index in [2.05, 4.69) is 5.32 Å². The van der Waals surface area contributed by atoms with Gasteiger partial charge in [-0.1, -0.05) is 13.8 Å². The first-order chi connectivity index (χ1) is 7.82. The van der Waals surface area contributed by atoms with Gasteiger partial charge >= 0.3 is 5.97 Å². The number of carboxylic acids is 1. The third-order valence-electron chi connectivity index (χ3n) is 3.41. The topological polar surface area (TPSA) is 92.4 Å². The summed E-state index contributed by atoms with van der Waals surface area (Å²) in [5, 5.41) is 11.5. The van der Waals surface area contributed by atoms with Crippen molar-refractivity contribution in [2.45, 2.75) is 57.5 Å². The number of aliphatic carboxylic acids is 1. The zero-order chi connectivity index (χ0) is 13.1. The Bertz CT molecular complexity index is 298. The van der Waals surface area contributed by atoms with E-state index in [1.165, 1.54) is 0 Å². The summed E-state index contributed by atoms with van der Waals surface area (Å²) in [6, 6.07) is -0.316. The van der Waals surface area contributed by atoms with E-state index in [9.17, 15) is 9.59 Å². The molecule has 0 heterocycles.